The number of benzene rings is 1. The third kappa shape index (κ3) is 1.80. The molecule has 0 spiro atoms. The first kappa shape index (κ1) is 10.4. The number of nitrogens with one attached hydrogen (secondary N) is 1. The van der Waals surface area contributed by atoms with Crippen molar-refractivity contribution in [1.82, 2.24) is 15.3 Å². The summed E-state index contributed by atoms with van der Waals surface area (Å²) in [6, 6.07) is 4.68. The zero-order chi connectivity index (χ0) is 11.8. The highest BCUT2D eigenvalue weighted by Gasteiger charge is 2.14. The number of hydrogen-bond donors (Lipinski definition) is 1. The number of fused-ring (bicyclic) bond motifs is 1. The minimum Gasteiger partial charge on any atom is -0.307 e. The molecule has 86 valence electrons. The molecule has 2 heterocycles. The summed E-state index contributed by atoms with van der Waals surface area (Å²) in [5.74, 6) is 0.444. The van der Waals surface area contributed by atoms with E-state index in [0.29, 0.717) is 5.82 Å². The second-order valence-corrected chi connectivity index (χ2v) is 4.23. The molecule has 1 aromatic heterocycles. The van der Waals surface area contributed by atoms with E-state index in [4.69, 9.17) is 0 Å². The Balaban J connectivity index is 2.09. The molecule has 0 bridgehead atoms. The van der Waals surface area contributed by atoms with Gasteiger partial charge in [0, 0.05) is 30.4 Å². The van der Waals surface area contributed by atoms with Gasteiger partial charge < -0.3 is 5.32 Å². The topological polar surface area (TPSA) is 37.8 Å². The van der Waals surface area contributed by atoms with Crippen molar-refractivity contribution >= 4 is 0 Å². The Morgan fingerprint density at radius 1 is 1.29 bits per heavy atom. The van der Waals surface area contributed by atoms with Crippen molar-refractivity contribution in [2.24, 2.45) is 0 Å². The summed E-state index contributed by atoms with van der Waals surface area (Å²) in [7, 11) is 0. The maximum Gasteiger partial charge on any atom is 0.159 e. The first-order chi connectivity index (χ1) is 8.24. The number of halogens is 1. The predicted molar refractivity (Wildman–Crippen MR) is 62.7 cm³/mol. The number of aryl methyl sites for hydroxylation is 1. The molecule has 0 saturated carbocycles. The molecule has 2 aromatic rings. The van der Waals surface area contributed by atoms with Crippen LogP contribution in [0.5, 0.6) is 0 Å². The van der Waals surface area contributed by atoms with E-state index < -0.39 is 0 Å². The lowest BCUT2D eigenvalue weighted by Gasteiger charge is -2.06. The van der Waals surface area contributed by atoms with Crippen LogP contribution in [0.25, 0.3) is 11.4 Å². The molecule has 1 aliphatic heterocycles. The molecule has 1 aliphatic rings. The minimum absolute atomic E-state index is 0.228. The molecule has 3 rings (SSSR count). The van der Waals surface area contributed by atoms with Gasteiger partial charge in [-0.05, 0) is 30.7 Å². The summed E-state index contributed by atoms with van der Waals surface area (Å²) in [5, 5.41) is 3.23. The lowest BCUT2D eigenvalue weighted by atomic mass is 10.1. The molecule has 0 atom stereocenters. The monoisotopic (exact) mass is 229 g/mol. The first-order valence-electron chi connectivity index (χ1n) is 5.56. The predicted octanol–water partition coefficient (Wildman–Crippen LogP) is 2.19. The van der Waals surface area contributed by atoms with Gasteiger partial charge >= 0.3 is 0 Å². The van der Waals surface area contributed by atoms with Crippen molar-refractivity contribution in [3.8, 4) is 11.4 Å². The summed E-state index contributed by atoms with van der Waals surface area (Å²) in [6.07, 6.45) is 1.85. The summed E-state index contributed by atoms with van der Waals surface area (Å²) in [6.45, 7) is 3.48. The van der Waals surface area contributed by atoms with E-state index in [0.717, 1.165) is 35.5 Å². The molecule has 0 unspecified atom stereocenters. The SMILES string of the molecule is Cc1cc(F)ccc1-c1ncc2c(n1)CNC2. The van der Waals surface area contributed by atoms with Crippen LogP contribution < -0.4 is 5.32 Å². The maximum atomic E-state index is 13.0. The van der Waals surface area contributed by atoms with Gasteiger partial charge in [0.25, 0.3) is 0 Å². The molecule has 0 radical (unpaired) electrons. The lowest BCUT2D eigenvalue weighted by molar-refractivity contribution is 0.627. The van der Waals surface area contributed by atoms with E-state index in [9.17, 15) is 4.39 Å². The molecule has 3 nitrogen and oxygen atoms in total. The van der Waals surface area contributed by atoms with Gasteiger partial charge in [0.2, 0.25) is 0 Å². The van der Waals surface area contributed by atoms with Crippen LogP contribution in [0.2, 0.25) is 0 Å². The Bertz CT molecular complexity index is 581. The highest BCUT2D eigenvalue weighted by molar-refractivity contribution is 5.60. The highest BCUT2D eigenvalue weighted by atomic mass is 19.1. The lowest BCUT2D eigenvalue weighted by Crippen LogP contribution is -2.00. The normalized spacial score (nSPS) is 13.8. The zero-order valence-electron chi connectivity index (χ0n) is 9.50. The van der Waals surface area contributed by atoms with E-state index in [1.54, 1.807) is 6.07 Å². The van der Waals surface area contributed by atoms with Gasteiger partial charge in [-0.1, -0.05) is 0 Å². The van der Waals surface area contributed by atoms with E-state index in [-0.39, 0.29) is 5.82 Å². The zero-order valence-corrected chi connectivity index (χ0v) is 9.50. The molecular weight excluding hydrogens is 217 g/mol. The van der Waals surface area contributed by atoms with Gasteiger partial charge in [-0.3, -0.25) is 0 Å². The van der Waals surface area contributed by atoms with Crippen molar-refractivity contribution in [2.45, 2.75) is 20.0 Å². The van der Waals surface area contributed by atoms with Crippen LogP contribution in [0.1, 0.15) is 16.8 Å². The van der Waals surface area contributed by atoms with Crippen molar-refractivity contribution < 1.29 is 4.39 Å². The summed E-state index contributed by atoms with van der Waals surface area (Å²) < 4.78 is 13.0. The van der Waals surface area contributed by atoms with Gasteiger partial charge in [0.1, 0.15) is 5.82 Å². The number of nitrogens with zero attached hydrogens (tertiary/aromatic N) is 2. The maximum absolute atomic E-state index is 13.0. The highest BCUT2D eigenvalue weighted by Crippen LogP contribution is 2.22. The molecular formula is C13H12FN3. The Labute approximate surface area is 98.7 Å². The molecule has 1 N–H and O–H groups in total. The smallest absolute Gasteiger partial charge is 0.159 e. The van der Waals surface area contributed by atoms with E-state index in [2.05, 4.69) is 15.3 Å². The van der Waals surface area contributed by atoms with Crippen molar-refractivity contribution in [2.75, 3.05) is 0 Å². The molecule has 1 aromatic carbocycles. The van der Waals surface area contributed by atoms with Crippen LogP contribution in [0.15, 0.2) is 24.4 Å². The van der Waals surface area contributed by atoms with E-state index >= 15 is 0 Å². The number of rotatable bonds is 1. The Morgan fingerprint density at radius 2 is 2.18 bits per heavy atom. The molecule has 0 fully saturated rings. The Morgan fingerprint density at radius 3 is 3.00 bits per heavy atom. The standard InChI is InChI=1S/C13H12FN3/c1-8-4-10(14)2-3-11(8)13-16-6-9-5-15-7-12(9)17-13/h2-4,6,15H,5,7H2,1H3. The van der Waals surface area contributed by atoms with Gasteiger partial charge in [-0.2, -0.15) is 0 Å². The van der Waals surface area contributed by atoms with Crippen LogP contribution >= 0.6 is 0 Å². The minimum atomic E-state index is -0.228. The molecule has 0 saturated heterocycles. The second kappa shape index (κ2) is 3.89. The number of aromatic nitrogens is 2. The van der Waals surface area contributed by atoms with Crippen LogP contribution in [0.4, 0.5) is 4.39 Å². The molecule has 17 heavy (non-hydrogen) atoms. The fourth-order valence-electron chi connectivity index (χ4n) is 2.07. The average Bonchev–Trinajstić information content (AvgIpc) is 2.75. The van der Waals surface area contributed by atoms with Crippen LogP contribution in [0.3, 0.4) is 0 Å². The van der Waals surface area contributed by atoms with Gasteiger partial charge in [0.15, 0.2) is 5.82 Å². The van der Waals surface area contributed by atoms with Crippen LogP contribution in [0, 0.1) is 12.7 Å². The number of hydrogen-bond acceptors (Lipinski definition) is 3. The fourth-order valence-corrected chi connectivity index (χ4v) is 2.07. The molecule has 0 amide bonds. The third-order valence-corrected chi connectivity index (χ3v) is 2.99. The largest absolute Gasteiger partial charge is 0.307 e. The van der Waals surface area contributed by atoms with Crippen molar-refractivity contribution in [1.29, 1.82) is 0 Å². The van der Waals surface area contributed by atoms with Gasteiger partial charge in [-0.25, -0.2) is 14.4 Å². The fraction of sp³-hybridized carbons (Fsp3) is 0.231. The van der Waals surface area contributed by atoms with Crippen molar-refractivity contribution in [3.63, 3.8) is 0 Å². The van der Waals surface area contributed by atoms with E-state index in [1.807, 2.05) is 13.1 Å². The average molecular weight is 229 g/mol. The first-order valence-corrected chi connectivity index (χ1v) is 5.56. The summed E-state index contributed by atoms with van der Waals surface area (Å²) in [4.78, 5) is 8.86. The molecule has 4 heteroatoms. The quantitative estimate of drug-likeness (QED) is 0.814. The summed E-state index contributed by atoms with van der Waals surface area (Å²) in [5.41, 5.74) is 3.93. The van der Waals surface area contributed by atoms with Crippen LogP contribution in [-0.4, -0.2) is 9.97 Å². The second-order valence-electron chi connectivity index (χ2n) is 4.23. The Kier molecular flexibility index (Phi) is 2.37. The van der Waals surface area contributed by atoms with Gasteiger partial charge in [-0.15, -0.1) is 0 Å². The van der Waals surface area contributed by atoms with E-state index in [1.165, 1.54) is 12.1 Å². The van der Waals surface area contributed by atoms with Crippen LogP contribution in [-0.2, 0) is 13.1 Å². The van der Waals surface area contributed by atoms with Crippen molar-refractivity contribution in [3.05, 3.63) is 47.0 Å². The van der Waals surface area contributed by atoms with Gasteiger partial charge in [0.05, 0.1) is 5.69 Å². The Hall–Kier alpha value is -1.81. The summed E-state index contributed by atoms with van der Waals surface area (Å²) >= 11 is 0. The third-order valence-electron chi connectivity index (χ3n) is 2.99. The molecule has 0 aliphatic carbocycles.